The van der Waals surface area contributed by atoms with Crippen molar-refractivity contribution in [2.45, 2.75) is 27.7 Å². The van der Waals surface area contributed by atoms with Crippen LogP contribution in [0.1, 0.15) is 29.1 Å². The van der Waals surface area contributed by atoms with E-state index >= 15 is 0 Å². The van der Waals surface area contributed by atoms with Crippen LogP contribution in [0.3, 0.4) is 0 Å². The summed E-state index contributed by atoms with van der Waals surface area (Å²) < 4.78 is 0. The van der Waals surface area contributed by atoms with Crippen LogP contribution in [-0.2, 0) is 0 Å². The predicted molar refractivity (Wildman–Crippen MR) is 76.0 cm³/mol. The first kappa shape index (κ1) is 14.9. The molecule has 0 unspecified atom stereocenters. The molecular weight excluding hydrogens is 213 g/mol. The van der Waals surface area contributed by atoms with Crippen LogP contribution in [0.4, 0.5) is 5.69 Å². The van der Waals surface area contributed by atoms with E-state index in [0.717, 1.165) is 5.69 Å². The zero-order chi connectivity index (χ0) is 12.4. The summed E-state index contributed by atoms with van der Waals surface area (Å²) in [5.74, 6) is 0. The first-order chi connectivity index (χ1) is 8.11. The number of hydrogen-bond acceptors (Lipinski definition) is 1. The third kappa shape index (κ3) is 2.80. The Labute approximate surface area is 123 Å². The summed E-state index contributed by atoms with van der Waals surface area (Å²) in [4.78, 5) is 0. The van der Waals surface area contributed by atoms with Gasteiger partial charge < -0.3 is 6.74 Å². The second kappa shape index (κ2) is 6.14. The molecule has 0 aromatic heterocycles. The van der Waals surface area contributed by atoms with Crippen LogP contribution < -0.4 is 24.2 Å². The number of para-hydroxylation sites is 1. The van der Waals surface area contributed by atoms with E-state index in [1.54, 1.807) is 0 Å². The van der Waals surface area contributed by atoms with Crippen LogP contribution in [0.5, 0.6) is 0 Å². The molecule has 0 amide bonds. The van der Waals surface area contributed by atoms with E-state index in [2.05, 4.69) is 51.3 Å². The molecule has 0 fully saturated rings. The van der Waals surface area contributed by atoms with E-state index in [1.165, 1.54) is 27.9 Å². The average molecular weight is 233 g/mol. The van der Waals surface area contributed by atoms with Crippen LogP contribution in [0.15, 0.2) is 64.4 Å². The van der Waals surface area contributed by atoms with Gasteiger partial charge in [-0.3, -0.25) is 0 Å². The Morgan fingerprint density at radius 1 is 0.833 bits per heavy atom. The Kier molecular flexibility index (Phi) is 5.08. The van der Waals surface area contributed by atoms with Gasteiger partial charge in [0.2, 0.25) is 0 Å². The molecular formula is C16H20LiN. The molecule has 1 aliphatic carbocycles. The van der Waals surface area contributed by atoms with E-state index in [-0.39, 0.29) is 20.3 Å². The van der Waals surface area contributed by atoms with Gasteiger partial charge in [-0.05, 0) is 67.7 Å². The molecule has 0 bridgehead atoms. The number of anilines is 1. The van der Waals surface area contributed by atoms with Crippen molar-refractivity contribution in [3.63, 3.8) is 0 Å². The fourth-order valence-corrected chi connectivity index (χ4v) is 2.15. The SMILES string of the molecule is CC1=C(C)C(C)=C(C)C1=CNc1ccccc1.[H-].[Li+]. The Hall–Kier alpha value is -1.16. The van der Waals surface area contributed by atoms with Gasteiger partial charge in [0, 0.05) is 11.9 Å². The quantitative estimate of drug-likeness (QED) is 0.768. The molecule has 0 saturated carbocycles. The summed E-state index contributed by atoms with van der Waals surface area (Å²) in [6, 6.07) is 10.3. The summed E-state index contributed by atoms with van der Waals surface area (Å²) in [7, 11) is 0. The third-order valence-electron chi connectivity index (χ3n) is 3.65. The second-order valence-corrected chi connectivity index (χ2v) is 4.57. The number of benzene rings is 1. The molecule has 2 rings (SSSR count). The predicted octanol–water partition coefficient (Wildman–Crippen LogP) is 1.79. The van der Waals surface area contributed by atoms with Crippen LogP contribution in [0, 0.1) is 0 Å². The first-order valence-corrected chi connectivity index (χ1v) is 5.99. The molecule has 1 aromatic carbocycles. The second-order valence-electron chi connectivity index (χ2n) is 4.57. The van der Waals surface area contributed by atoms with E-state index in [9.17, 15) is 0 Å². The minimum atomic E-state index is 0. The fraction of sp³-hybridized carbons (Fsp3) is 0.250. The molecule has 0 heterocycles. The molecule has 0 atom stereocenters. The maximum atomic E-state index is 3.36. The van der Waals surface area contributed by atoms with Gasteiger partial charge in [-0.15, -0.1) is 0 Å². The minimum absolute atomic E-state index is 0. The molecule has 0 aliphatic heterocycles. The van der Waals surface area contributed by atoms with Crippen molar-refractivity contribution >= 4 is 5.69 Å². The Morgan fingerprint density at radius 2 is 1.33 bits per heavy atom. The van der Waals surface area contributed by atoms with E-state index in [1.807, 2.05) is 18.2 Å². The van der Waals surface area contributed by atoms with Crippen molar-refractivity contribution in [3.8, 4) is 0 Å². The molecule has 0 spiro atoms. The van der Waals surface area contributed by atoms with Crippen LogP contribution in [0.2, 0.25) is 0 Å². The van der Waals surface area contributed by atoms with Crippen molar-refractivity contribution in [1.82, 2.24) is 0 Å². The van der Waals surface area contributed by atoms with E-state index < -0.39 is 0 Å². The fourth-order valence-electron chi connectivity index (χ4n) is 2.15. The minimum Gasteiger partial charge on any atom is -1.00 e. The summed E-state index contributed by atoms with van der Waals surface area (Å²) >= 11 is 0. The molecule has 90 valence electrons. The van der Waals surface area contributed by atoms with Gasteiger partial charge >= 0.3 is 18.9 Å². The van der Waals surface area contributed by atoms with Gasteiger partial charge in [-0.2, -0.15) is 0 Å². The van der Waals surface area contributed by atoms with Crippen molar-refractivity contribution in [1.29, 1.82) is 0 Å². The first-order valence-electron chi connectivity index (χ1n) is 5.99. The zero-order valence-corrected chi connectivity index (χ0v) is 12.0. The summed E-state index contributed by atoms with van der Waals surface area (Å²) in [5.41, 5.74) is 8.02. The van der Waals surface area contributed by atoms with Gasteiger partial charge in [0.1, 0.15) is 0 Å². The number of rotatable bonds is 2. The van der Waals surface area contributed by atoms with Crippen molar-refractivity contribution in [2.24, 2.45) is 0 Å². The Morgan fingerprint density at radius 3 is 1.83 bits per heavy atom. The summed E-state index contributed by atoms with van der Waals surface area (Å²) in [6.07, 6.45) is 2.11. The van der Waals surface area contributed by atoms with Crippen LogP contribution >= 0.6 is 0 Å². The molecule has 1 N–H and O–H groups in total. The van der Waals surface area contributed by atoms with Gasteiger partial charge in [-0.1, -0.05) is 18.2 Å². The smallest absolute Gasteiger partial charge is 1.00 e. The average Bonchev–Trinajstić information content (AvgIpc) is 2.54. The van der Waals surface area contributed by atoms with Crippen molar-refractivity contribution in [3.05, 3.63) is 64.4 Å². The summed E-state index contributed by atoms with van der Waals surface area (Å²) in [6.45, 7) is 8.76. The summed E-state index contributed by atoms with van der Waals surface area (Å²) in [5, 5.41) is 3.36. The normalized spacial score (nSPS) is 14.8. The maximum absolute atomic E-state index is 3.36. The molecule has 0 saturated heterocycles. The van der Waals surface area contributed by atoms with Gasteiger partial charge in [0.15, 0.2) is 0 Å². The number of hydrogen-bond donors (Lipinski definition) is 1. The van der Waals surface area contributed by atoms with Crippen molar-refractivity contribution < 1.29 is 20.3 Å². The molecule has 2 heteroatoms. The largest absolute Gasteiger partial charge is 1.00 e. The number of allylic oxidation sites excluding steroid dienone is 5. The van der Waals surface area contributed by atoms with Crippen LogP contribution in [-0.4, -0.2) is 0 Å². The Balaban J connectivity index is 0.00000162. The van der Waals surface area contributed by atoms with Crippen LogP contribution in [0.25, 0.3) is 0 Å². The third-order valence-corrected chi connectivity index (χ3v) is 3.65. The Bertz CT molecular complexity index is 501. The van der Waals surface area contributed by atoms with E-state index in [4.69, 9.17) is 0 Å². The standard InChI is InChI=1S/C16H19N.Li.H/c1-11-12(2)14(4)16(13(11)3)10-17-15-8-6-5-7-9-15;;/h5-10,17H,1-4H3;;/q;+1;-1. The molecule has 1 aliphatic rings. The molecule has 1 aromatic rings. The molecule has 1 nitrogen and oxygen atoms in total. The van der Waals surface area contributed by atoms with Gasteiger partial charge in [0.25, 0.3) is 0 Å². The van der Waals surface area contributed by atoms with Crippen molar-refractivity contribution in [2.75, 3.05) is 5.32 Å². The molecule has 18 heavy (non-hydrogen) atoms. The monoisotopic (exact) mass is 233 g/mol. The topological polar surface area (TPSA) is 12.0 Å². The number of nitrogens with one attached hydrogen (secondary N) is 1. The van der Waals surface area contributed by atoms with Gasteiger partial charge in [-0.25, -0.2) is 0 Å². The zero-order valence-electron chi connectivity index (χ0n) is 13.0. The van der Waals surface area contributed by atoms with E-state index in [0.29, 0.717) is 0 Å². The maximum Gasteiger partial charge on any atom is 1.00 e. The van der Waals surface area contributed by atoms with Gasteiger partial charge in [0.05, 0.1) is 0 Å². The molecule has 0 radical (unpaired) electrons.